The molecule has 1 aromatic carbocycles. The van der Waals surface area contributed by atoms with Crippen molar-refractivity contribution >= 4 is 28.8 Å². The Hall–Kier alpha value is -3.46. The van der Waals surface area contributed by atoms with Crippen LogP contribution < -0.4 is 11.5 Å². The first-order valence-electron chi connectivity index (χ1n) is 10.2. The van der Waals surface area contributed by atoms with Crippen LogP contribution in [0.5, 0.6) is 0 Å². The quantitative estimate of drug-likeness (QED) is 0.534. The van der Waals surface area contributed by atoms with Gasteiger partial charge in [0.05, 0.1) is 25.3 Å². The molecule has 0 spiro atoms. The summed E-state index contributed by atoms with van der Waals surface area (Å²) in [4.78, 5) is 34.2. The minimum Gasteiger partial charge on any atom is -0.382 e. The molecule has 0 aliphatic heterocycles. The van der Waals surface area contributed by atoms with Crippen LogP contribution in [0.4, 0.5) is 10.6 Å². The third-order valence-electron chi connectivity index (χ3n) is 5.24. The number of imide groups is 1. The normalized spacial score (nSPS) is 11.1. The summed E-state index contributed by atoms with van der Waals surface area (Å²) in [7, 11) is 0. The zero-order chi connectivity index (χ0) is 22.5. The highest BCUT2D eigenvalue weighted by Gasteiger charge is 2.20. The highest BCUT2D eigenvalue weighted by molar-refractivity contribution is 6.03. The fraction of sp³-hybridized carbons (Fsp3) is 0.364. The molecule has 3 amide bonds. The number of rotatable bonds is 8. The van der Waals surface area contributed by atoms with Gasteiger partial charge in [-0.25, -0.2) is 14.8 Å². The number of aromatic nitrogens is 3. The van der Waals surface area contributed by atoms with Gasteiger partial charge in [0.25, 0.3) is 5.91 Å². The van der Waals surface area contributed by atoms with Crippen molar-refractivity contribution in [3.05, 3.63) is 53.0 Å². The van der Waals surface area contributed by atoms with E-state index in [1.807, 2.05) is 20.8 Å². The van der Waals surface area contributed by atoms with Crippen LogP contribution in [0, 0.1) is 13.8 Å². The average molecular weight is 425 g/mol. The number of anilines is 1. The molecular weight excluding hydrogens is 396 g/mol. The number of nitrogens with two attached hydrogens (primary N) is 2. The monoisotopic (exact) mass is 424 g/mol. The van der Waals surface area contributed by atoms with Gasteiger partial charge in [0, 0.05) is 24.2 Å². The van der Waals surface area contributed by atoms with Crippen molar-refractivity contribution in [2.45, 2.75) is 33.7 Å². The van der Waals surface area contributed by atoms with Gasteiger partial charge in [0.15, 0.2) is 5.82 Å². The second kappa shape index (κ2) is 9.57. The van der Waals surface area contributed by atoms with Gasteiger partial charge in [0.2, 0.25) is 0 Å². The van der Waals surface area contributed by atoms with Gasteiger partial charge in [0.1, 0.15) is 11.3 Å². The van der Waals surface area contributed by atoms with Gasteiger partial charge < -0.3 is 20.8 Å². The highest BCUT2D eigenvalue weighted by Crippen LogP contribution is 2.26. The summed E-state index contributed by atoms with van der Waals surface area (Å²) in [6, 6.07) is 7.73. The maximum atomic E-state index is 12.5. The first kappa shape index (κ1) is 22.2. The first-order valence-corrected chi connectivity index (χ1v) is 10.2. The summed E-state index contributed by atoms with van der Waals surface area (Å²) < 4.78 is 7.82. The molecule has 2 aromatic heterocycles. The van der Waals surface area contributed by atoms with Crippen LogP contribution in [-0.4, -0.2) is 51.1 Å². The maximum absolute atomic E-state index is 12.5. The third-order valence-corrected chi connectivity index (χ3v) is 5.24. The standard InChI is InChI=1S/C22H28N6O3/c1-4-17-26-18-19(14(2)15(3)25-20(18)23)27(17)10-12-31-13-11-28(22(24)30)21(29)16-8-6-5-7-9-16/h5-9H,4,10-13H2,1-3H3,(H2,23,25)(H2,24,30). The Labute approximate surface area is 181 Å². The van der Waals surface area contributed by atoms with E-state index in [1.54, 1.807) is 30.3 Å². The zero-order valence-corrected chi connectivity index (χ0v) is 18.1. The molecule has 0 saturated carbocycles. The molecule has 3 rings (SSSR count). The van der Waals surface area contributed by atoms with Gasteiger partial charge >= 0.3 is 6.03 Å². The largest absolute Gasteiger partial charge is 0.382 e. The molecule has 2 heterocycles. The van der Waals surface area contributed by atoms with Gasteiger partial charge in [-0.3, -0.25) is 9.69 Å². The molecule has 3 aromatic rings. The van der Waals surface area contributed by atoms with Crippen LogP contribution in [-0.2, 0) is 17.7 Å². The maximum Gasteiger partial charge on any atom is 0.321 e. The molecule has 0 unspecified atom stereocenters. The number of fused-ring (bicyclic) bond motifs is 1. The van der Waals surface area contributed by atoms with Gasteiger partial charge in [-0.15, -0.1) is 0 Å². The third kappa shape index (κ3) is 4.66. The number of amides is 3. The van der Waals surface area contributed by atoms with Crippen molar-refractivity contribution < 1.29 is 14.3 Å². The SMILES string of the molecule is CCc1nc2c(N)nc(C)c(C)c2n1CCOCCN(C(N)=O)C(=O)c1ccccc1. The lowest BCUT2D eigenvalue weighted by Crippen LogP contribution is -2.42. The number of ether oxygens (including phenoxy) is 1. The Morgan fingerprint density at radius 2 is 1.84 bits per heavy atom. The van der Waals surface area contributed by atoms with Crippen LogP contribution in [0.1, 0.15) is 34.4 Å². The zero-order valence-electron chi connectivity index (χ0n) is 18.1. The molecule has 164 valence electrons. The number of imidazole rings is 1. The Balaban J connectivity index is 1.65. The lowest BCUT2D eigenvalue weighted by atomic mass is 10.2. The highest BCUT2D eigenvalue weighted by atomic mass is 16.5. The number of nitrogens with zero attached hydrogens (tertiary/aromatic N) is 4. The minimum absolute atomic E-state index is 0.0728. The van der Waals surface area contributed by atoms with E-state index in [1.165, 1.54) is 0 Å². The van der Waals surface area contributed by atoms with Crippen molar-refractivity contribution in [2.24, 2.45) is 5.73 Å². The summed E-state index contributed by atoms with van der Waals surface area (Å²) in [6.45, 7) is 7.15. The van der Waals surface area contributed by atoms with E-state index in [9.17, 15) is 9.59 Å². The molecule has 4 N–H and O–H groups in total. The van der Waals surface area contributed by atoms with E-state index in [-0.39, 0.29) is 13.2 Å². The van der Waals surface area contributed by atoms with Gasteiger partial charge in [-0.1, -0.05) is 25.1 Å². The van der Waals surface area contributed by atoms with Crippen LogP contribution in [0.2, 0.25) is 0 Å². The Bertz CT molecular complexity index is 1090. The summed E-state index contributed by atoms with van der Waals surface area (Å²) in [5.74, 6) is 0.877. The number of aryl methyl sites for hydroxylation is 3. The van der Waals surface area contributed by atoms with E-state index in [0.717, 1.165) is 33.9 Å². The lowest BCUT2D eigenvalue weighted by Gasteiger charge is -2.18. The van der Waals surface area contributed by atoms with E-state index < -0.39 is 11.9 Å². The molecule has 9 nitrogen and oxygen atoms in total. The van der Waals surface area contributed by atoms with Crippen molar-refractivity contribution in [3.63, 3.8) is 0 Å². The molecule has 0 aliphatic carbocycles. The number of carbonyl (C=O) groups excluding carboxylic acids is 2. The summed E-state index contributed by atoms with van der Waals surface area (Å²) in [5.41, 5.74) is 15.4. The Morgan fingerprint density at radius 3 is 2.48 bits per heavy atom. The van der Waals surface area contributed by atoms with Crippen LogP contribution in [0.3, 0.4) is 0 Å². The van der Waals surface area contributed by atoms with Crippen molar-refractivity contribution in [1.82, 2.24) is 19.4 Å². The molecule has 31 heavy (non-hydrogen) atoms. The fourth-order valence-corrected chi connectivity index (χ4v) is 3.52. The number of nitrogen functional groups attached to an aromatic ring is 1. The first-order chi connectivity index (χ1) is 14.8. The second-order valence-corrected chi connectivity index (χ2v) is 7.21. The lowest BCUT2D eigenvalue weighted by molar-refractivity contribution is 0.0705. The number of pyridine rings is 1. The van der Waals surface area contributed by atoms with E-state index in [2.05, 4.69) is 14.5 Å². The Morgan fingerprint density at radius 1 is 1.13 bits per heavy atom. The Kier molecular flexibility index (Phi) is 6.86. The molecule has 0 aliphatic rings. The average Bonchev–Trinajstić information content (AvgIpc) is 3.14. The van der Waals surface area contributed by atoms with Gasteiger partial charge in [-0.2, -0.15) is 0 Å². The number of primary amides is 1. The molecule has 0 radical (unpaired) electrons. The molecular formula is C22H28N6O3. The van der Waals surface area contributed by atoms with E-state index in [4.69, 9.17) is 16.2 Å². The number of hydrogen-bond acceptors (Lipinski definition) is 6. The van der Waals surface area contributed by atoms with E-state index in [0.29, 0.717) is 30.0 Å². The summed E-state index contributed by atoms with van der Waals surface area (Å²) >= 11 is 0. The predicted octanol–water partition coefficient (Wildman–Crippen LogP) is 2.43. The molecule has 0 saturated heterocycles. The van der Waals surface area contributed by atoms with Crippen molar-refractivity contribution in [3.8, 4) is 0 Å². The summed E-state index contributed by atoms with van der Waals surface area (Å²) in [6.07, 6.45) is 0.744. The number of hydrogen-bond donors (Lipinski definition) is 2. The number of carbonyl (C=O) groups is 2. The fourth-order valence-electron chi connectivity index (χ4n) is 3.52. The van der Waals surface area contributed by atoms with Crippen molar-refractivity contribution in [2.75, 3.05) is 25.5 Å². The molecule has 0 bridgehead atoms. The predicted molar refractivity (Wildman–Crippen MR) is 119 cm³/mol. The minimum atomic E-state index is -0.805. The molecule has 0 atom stereocenters. The summed E-state index contributed by atoms with van der Waals surface area (Å²) in [5, 5.41) is 0. The smallest absolute Gasteiger partial charge is 0.321 e. The van der Waals surface area contributed by atoms with Crippen LogP contribution >= 0.6 is 0 Å². The number of benzene rings is 1. The van der Waals surface area contributed by atoms with E-state index >= 15 is 0 Å². The topological polar surface area (TPSA) is 129 Å². The van der Waals surface area contributed by atoms with Crippen molar-refractivity contribution in [1.29, 1.82) is 0 Å². The second-order valence-electron chi connectivity index (χ2n) is 7.21. The molecule has 9 heteroatoms. The van der Waals surface area contributed by atoms with Crippen LogP contribution in [0.25, 0.3) is 11.0 Å². The van der Waals surface area contributed by atoms with Crippen LogP contribution in [0.15, 0.2) is 30.3 Å². The molecule has 0 fully saturated rings. The van der Waals surface area contributed by atoms with Gasteiger partial charge in [-0.05, 0) is 31.5 Å². The number of urea groups is 1.